The molecule has 0 spiro atoms. The topological polar surface area (TPSA) is 54.2 Å². The van der Waals surface area contributed by atoms with Gasteiger partial charge in [0.2, 0.25) is 0 Å². The predicted octanol–water partition coefficient (Wildman–Crippen LogP) is 3.59. The van der Waals surface area contributed by atoms with Crippen molar-refractivity contribution in [2.75, 3.05) is 13.6 Å². The zero-order chi connectivity index (χ0) is 16.6. The van der Waals surface area contributed by atoms with Gasteiger partial charge in [0.25, 0.3) is 0 Å². The Labute approximate surface area is 169 Å². The quantitative estimate of drug-likeness (QED) is 0.331. The van der Waals surface area contributed by atoms with Crippen LogP contribution in [-0.4, -0.2) is 29.1 Å². The Balaban J connectivity index is 0.00000225. The second-order valence-electron chi connectivity index (χ2n) is 5.28. The largest absolute Gasteiger partial charge is 0.355 e. The zero-order valence-electron chi connectivity index (χ0n) is 14.1. The summed E-state index contributed by atoms with van der Waals surface area (Å²) in [6.07, 6.45) is 4.11. The van der Waals surface area contributed by atoms with E-state index in [1.165, 1.54) is 0 Å². The summed E-state index contributed by atoms with van der Waals surface area (Å²) in [6.45, 7) is 2.38. The zero-order valence-corrected chi connectivity index (χ0v) is 17.2. The third-order valence-electron chi connectivity index (χ3n) is 3.56. The second kappa shape index (κ2) is 10.2. The van der Waals surface area contributed by atoms with Gasteiger partial charge in [-0.25, -0.2) is 4.98 Å². The molecule has 2 heterocycles. The molecule has 0 aliphatic carbocycles. The third kappa shape index (κ3) is 5.86. The van der Waals surface area contributed by atoms with Crippen LogP contribution in [0.15, 0.2) is 65.2 Å². The van der Waals surface area contributed by atoms with Gasteiger partial charge in [-0.3, -0.25) is 4.99 Å². The molecule has 0 aliphatic rings. The summed E-state index contributed by atoms with van der Waals surface area (Å²) in [5.41, 5.74) is 2.18. The van der Waals surface area contributed by atoms with Gasteiger partial charge in [0.15, 0.2) is 5.96 Å². The average molecular weight is 467 g/mol. The summed E-state index contributed by atoms with van der Waals surface area (Å²) >= 11 is 1.66. The van der Waals surface area contributed by atoms with Crippen molar-refractivity contribution in [2.24, 2.45) is 4.99 Å². The molecule has 2 aromatic heterocycles. The van der Waals surface area contributed by atoms with Crippen LogP contribution >= 0.6 is 35.3 Å². The first kappa shape index (κ1) is 19.5. The SMILES string of the molecule is CN=C(NCCn1cccc1)NCc1csc(-c2ccccc2)n1.I. The predicted molar refractivity (Wildman–Crippen MR) is 116 cm³/mol. The van der Waals surface area contributed by atoms with Crippen LogP contribution in [0.4, 0.5) is 0 Å². The summed E-state index contributed by atoms with van der Waals surface area (Å²) in [7, 11) is 1.78. The van der Waals surface area contributed by atoms with E-state index in [4.69, 9.17) is 0 Å². The normalized spacial score (nSPS) is 11.0. The number of rotatable bonds is 6. The van der Waals surface area contributed by atoms with Gasteiger partial charge in [-0.1, -0.05) is 30.3 Å². The molecule has 0 atom stereocenters. The smallest absolute Gasteiger partial charge is 0.191 e. The molecule has 0 saturated heterocycles. The van der Waals surface area contributed by atoms with Crippen molar-refractivity contribution in [3.63, 3.8) is 0 Å². The number of thiazole rings is 1. The molecular weight excluding hydrogens is 445 g/mol. The fourth-order valence-corrected chi connectivity index (χ4v) is 3.14. The number of hydrogen-bond donors (Lipinski definition) is 2. The number of nitrogens with zero attached hydrogens (tertiary/aromatic N) is 3. The van der Waals surface area contributed by atoms with E-state index in [-0.39, 0.29) is 24.0 Å². The minimum Gasteiger partial charge on any atom is -0.355 e. The van der Waals surface area contributed by atoms with Crippen LogP contribution < -0.4 is 10.6 Å². The van der Waals surface area contributed by atoms with Crippen LogP contribution in [0, 0.1) is 0 Å². The van der Waals surface area contributed by atoms with Crippen LogP contribution in [0.25, 0.3) is 10.6 Å². The van der Waals surface area contributed by atoms with Gasteiger partial charge in [0, 0.05) is 43.5 Å². The van der Waals surface area contributed by atoms with E-state index < -0.39 is 0 Å². The number of guanidine groups is 1. The molecule has 3 rings (SSSR count). The Morgan fingerprint density at radius 2 is 1.88 bits per heavy atom. The van der Waals surface area contributed by atoms with E-state index in [0.717, 1.165) is 35.3 Å². The standard InChI is InChI=1S/C18H21N5S.HI/c1-19-18(20-9-12-23-10-5-6-11-23)21-13-16-14-24-17(22-16)15-7-3-2-4-8-15;/h2-8,10-11,14H,9,12-13H2,1H3,(H2,19,20,21);1H. The van der Waals surface area contributed by atoms with Crippen molar-refractivity contribution in [1.82, 2.24) is 20.2 Å². The van der Waals surface area contributed by atoms with Gasteiger partial charge < -0.3 is 15.2 Å². The van der Waals surface area contributed by atoms with Gasteiger partial charge in [-0.15, -0.1) is 35.3 Å². The summed E-state index contributed by atoms with van der Waals surface area (Å²) < 4.78 is 2.13. The molecule has 1 aromatic carbocycles. The van der Waals surface area contributed by atoms with E-state index in [0.29, 0.717) is 6.54 Å². The third-order valence-corrected chi connectivity index (χ3v) is 4.50. The van der Waals surface area contributed by atoms with E-state index in [9.17, 15) is 0 Å². The highest BCUT2D eigenvalue weighted by Gasteiger charge is 2.05. The van der Waals surface area contributed by atoms with Crippen molar-refractivity contribution in [3.8, 4) is 10.6 Å². The molecule has 3 aromatic rings. The maximum atomic E-state index is 4.68. The fraction of sp³-hybridized carbons (Fsp3) is 0.222. The van der Waals surface area contributed by atoms with Crippen molar-refractivity contribution < 1.29 is 0 Å². The Morgan fingerprint density at radius 3 is 2.60 bits per heavy atom. The molecule has 5 nitrogen and oxygen atoms in total. The molecule has 2 N–H and O–H groups in total. The van der Waals surface area contributed by atoms with Gasteiger partial charge in [0.05, 0.1) is 12.2 Å². The molecular formula is C18H22IN5S. The number of nitrogens with one attached hydrogen (secondary N) is 2. The summed E-state index contributed by atoms with van der Waals surface area (Å²) in [5.74, 6) is 0.788. The van der Waals surface area contributed by atoms with Crippen molar-refractivity contribution in [1.29, 1.82) is 0 Å². The molecule has 0 saturated carbocycles. The lowest BCUT2D eigenvalue weighted by Gasteiger charge is -2.11. The molecule has 0 radical (unpaired) electrons. The lowest BCUT2D eigenvalue weighted by molar-refractivity contribution is 0.664. The number of halogens is 1. The van der Waals surface area contributed by atoms with Gasteiger partial charge in [-0.2, -0.15) is 0 Å². The Morgan fingerprint density at radius 1 is 1.12 bits per heavy atom. The Bertz CT molecular complexity index is 768. The van der Waals surface area contributed by atoms with Gasteiger partial charge in [-0.05, 0) is 12.1 Å². The van der Waals surface area contributed by atoms with Crippen molar-refractivity contribution in [3.05, 3.63) is 65.9 Å². The van der Waals surface area contributed by atoms with Crippen LogP contribution in [0.1, 0.15) is 5.69 Å². The molecule has 0 amide bonds. The van der Waals surface area contributed by atoms with Crippen LogP contribution in [0.2, 0.25) is 0 Å². The minimum atomic E-state index is 0. The van der Waals surface area contributed by atoms with Gasteiger partial charge >= 0.3 is 0 Å². The molecule has 7 heteroatoms. The first-order valence-corrected chi connectivity index (χ1v) is 8.78. The monoisotopic (exact) mass is 467 g/mol. The number of hydrogen-bond acceptors (Lipinski definition) is 3. The molecule has 0 aliphatic heterocycles. The van der Waals surface area contributed by atoms with Gasteiger partial charge in [0.1, 0.15) is 5.01 Å². The summed E-state index contributed by atoms with van der Waals surface area (Å²) in [5, 5.41) is 9.74. The van der Waals surface area contributed by atoms with Crippen LogP contribution in [0.5, 0.6) is 0 Å². The fourth-order valence-electron chi connectivity index (χ4n) is 2.32. The highest BCUT2D eigenvalue weighted by atomic mass is 127. The Kier molecular flexibility index (Phi) is 7.93. The maximum Gasteiger partial charge on any atom is 0.191 e. The van der Waals surface area contributed by atoms with Crippen molar-refractivity contribution >= 4 is 41.3 Å². The summed E-state index contributed by atoms with van der Waals surface area (Å²) in [4.78, 5) is 8.92. The van der Waals surface area contributed by atoms with E-state index in [1.807, 2.05) is 30.3 Å². The average Bonchev–Trinajstić information content (AvgIpc) is 3.30. The summed E-state index contributed by atoms with van der Waals surface area (Å²) in [6, 6.07) is 14.3. The minimum absolute atomic E-state index is 0. The highest BCUT2D eigenvalue weighted by Crippen LogP contribution is 2.23. The maximum absolute atomic E-state index is 4.68. The first-order chi connectivity index (χ1) is 11.8. The second-order valence-corrected chi connectivity index (χ2v) is 6.14. The van der Waals surface area contributed by atoms with Crippen molar-refractivity contribution in [2.45, 2.75) is 13.1 Å². The van der Waals surface area contributed by atoms with Crippen LogP contribution in [0.3, 0.4) is 0 Å². The number of aromatic nitrogens is 2. The lowest BCUT2D eigenvalue weighted by Crippen LogP contribution is -2.38. The van der Waals surface area contributed by atoms with Crippen LogP contribution in [-0.2, 0) is 13.1 Å². The molecule has 25 heavy (non-hydrogen) atoms. The van der Waals surface area contributed by atoms with E-state index >= 15 is 0 Å². The number of aliphatic imine (C=N–C) groups is 1. The molecule has 0 bridgehead atoms. The molecule has 0 fully saturated rings. The molecule has 132 valence electrons. The van der Waals surface area contributed by atoms with E-state index in [2.05, 4.69) is 55.1 Å². The highest BCUT2D eigenvalue weighted by molar-refractivity contribution is 14.0. The Hall–Kier alpha value is -1.87. The first-order valence-electron chi connectivity index (χ1n) is 7.90. The molecule has 0 unspecified atom stereocenters. The lowest BCUT2D eigenvalue weighted by atomic mass is 10.2. The number of benzene rings is 1. The van der Waals surface area contributed by atoms with E-state index in [1.54, 1.807) is 18.4 Å².